The Balaban J connectivity index is 0.00000112. The van der Waals surface area contributed by atoms with E-state index in [2.05, 4.69) is 11.6 Å². The van der Waals surface area contributed by atoms with Gasteiger partial charge in [0.2, 0.25) is 5.88 Å². The molecule has 8 nitrogen and oxygen atoms in total. The Morgan fingerprint density at radius 3 is 2.38 bits per heavy atom. The van der Waals surface area contributed by atoms with Crippen LogP contribution < -0.4 is 10.4 Å². The zero-order valence-corrected chi connectivity index (χ0v) is 20.8. The highest BCUT2D eigenvalue weighted by molar-refractivity contribution is 8.00. The van der Waals surface area contributed by atoms with Gasteiger partial charge in [0, 0.05) is 23.5 Å². The second-order valence-electron chi connectivity index (χ2n) is 7.02. The quantitative estimate of drug-likeness (QED) is 0.130. The third kappa shape index (κ3) is 11.2. The lowest BCUT2D eigenvalue weighted by molar-refractivity contribution is -0.104. The molecule has 3 aromatic rings. The number of allylic oxidation sites excluding steroid dienone is 1. The highest BCUT2D eigenvalue weighted by atomic mass is 32.2. The molecule has 1 aromatic carbocycles. The number of methoxy groups -OCH3 is 1. The summed E-state index contributed by atoms with van der Waals surface area (Å²) in [7, 11) is 1.60. The number of rotatable bonds is 13. The second kappa shape index (κ2) is 15.8. The van der Waals surface area contributed by atoms with Crippen molar-refractivity contribution < 1.29 is 41.3 Å². The molecule has 0 fully saturated rings. The van der Waals surface area contributed by atoms with Gasteiger partial charge in [-0.25, -0.2) is 9.78 Å². The van der Waals surface area contributed by atoms with Crippen molar-refractivity contribution in [1.82, 2.24) is 4.98 Å². The van der Waals surface area contributed by atoms with Crippen LogP contribution in [0.4, 0.5) is 13.2 Å². The van der Waals surface area contributed by atoms with Gasteiger partial charge in [-0.15, -0.1) is 0 Å². The number of hydrogen-bond acceptors (Lipinski definition) is 9. The maximum atomic E-state index is 12.7. The molecule has 0 aliphatic rings. The average Bonchev–Trinajstić information content (AvgIpc) is 2.86. The summed E-state index contributed by atoms with van der Waals surface area (Å²) in [5.74, 6) is 0.295. The first-order valence-corrected chi connectivity index (χ1v) is 11.7. The number of ether oxygens (including phenoxy) is 4. The molecular formula is C25H26F3NO7S. The Morgan fingerprint density at radius 1 is 1.05 bits per heavy atom. The summed E-state index contributed by atoms with van der Waals surface area (Å²) < 4.78 is 64.5. The minimum absolute atomic E-state index is 0.0256. The molecule has 0 saturated carbocycles. The van der Waals surface area contributed by atoms with Crippen molar-refractivity contribution in [2.24, 2.45) is 0 Å². The molecular weight excluding hydrogens is 515 g/mol. The van der Waals surface area contributed by atoms with Crippen LogP contribution in [0, 0.1) is 0 Å². The molecule has 2 heterocycles. The number of halogens is 3. The number of thioether (sulfide) groups is 1. The highest BCUT2D eigenvalue weighted by Crippen LogP contribution is 2.38. The Bertz CT molecular complexity index is 1190. The second-order valence-corrected chi connectivity index (χ2v) is 8.16. The maximum absolute atomic E-state index is 12.7. The van der Waals surface area contributed by atoms with E-state index in [1.54, 1.807) is 25.3 Å². The van der Waals surface area contributed by atoms with Crippen LogP contribution >= 0.6 is 11.8 Å². The molecule has 0 aliphatic heterocycles. The first-order chi connectivity index (χ1) is 17.8. The number of carbonyl (C=O) groups excluding carboxylic acids is 1. The van der Waals surface area contributed by atoms with E-state index < -0.39 is 11.1 Å². The number of hydrogen-bond donors (Lipinski definition) is 0. The third-order valence-corrected chi connectivity index (χ3v) is 5.07. The fraction of sp³-hybridized carbons (Fsp3) is 0.320. The lowest BCUT2D eigenvalue weighted by Gasteiger charge is -2.09. The van der Waals surface area contributed by atoms with Gasteiger partial charge in [0.1, 0.15) is 12.9 Å². The Labute approximate surface area is 215 Å². The van der Waals surface area contributed by atoms with Crippen LogP contribution in [-0.2, 0) is 19.0 Å². The van der Waals surface area contributed by atoms with Gasteiger partial charge in [0.15, 0.2) is 5.58 Å². The summed E-state index contributed by atoms with van der Waals surface area (Å²) in [6.07, 6.45) is 3.19. The number of aromatic nitrogens is 1. The van der Waals surface area contributed by atoms with E-state index in [0.29, 0.717) is 56.2 Å². The molecule has 2 aromatic heterocycles. The van der Waals surface area contributed by atoms with Crippen molar-refractivity contribution in [3.8, 4) is 17.0 Å². The van der Waals surface area contributed by atoms with Crippen LogP contribution in [-0.4, -0.2) is 63.5 Å². The van der Waals surface area contributed by atoms with Crippen molar-refractivity contribution in [2.45, 2.75) is 10.4 Å². The minimum Gasteiger partial charge on any atom is -0.475 e. The van der Waals surface area contributed by atoms with Gasteiger partial charge in [0.05, 0.1) is 44.8 Å². The summed E-state index contributed by atoms with van der Waals surface area (Å²) in [6, 6.07) is 8.76. The molecule has 3 rings (SSSR count). The van der Waals surface area contributed by atoms with Crippen LogP contribution in [0.5, 0.6) is 5.88 Å². The topological polar surface area (TPSA) is 97.1 Å². The molecule has 0 bridgehead atoms. The number of carbonyl (C=O) groups is 1. The van der Waals surface area contributed by atoms with Crippen LogP contribution in [0.2, 0.25) is 0 Å². The van der Waals surface area contributed by atoms with Gasteiger partial charge < -0.3 is 23.4 Å². The van der Waals surface area contributed by atoms with Crippen molar-refractivity contribution in [3.63, 3.8) is 0 Å². The summed E-state index contributed by atoms with van der Waals surface area (Å²) in [6.45, 7) is 5.57. The van der Waals surface area contributed by atoms with E-state index in [9.17, 15) is 18.0 Å². The Hall–Kier alpha value is -3.19. The fourth-order valence-electron chi connectivity index (χ4n) is 2.82. The van der Waals surface area contributed by atoms with E-state index in [1.165, 1.54) is 30.5 Å². The molecule has 0 unspecified atom stereocenters. The normalized spacial score (nSPS) is 11.0. The standard InChI is InChI=1S/C22H22F3NO6S.C3H4O/c1-28-5-6-29-7-8-30-9-10-31-20-13-16-12-18(21(27)32-19(16)14-26-20)15-3-2-4-17(11-15)33-22(23,24)25;1-2-3-4/h2-4,11-14H,5-10H2,1H3;2-3H,1H2. The molecule has 0 amide bonds. The predicted octanol–water partition coefficient (Wildman–Crippen LogP) is 4.90. The number of fused-ring (bicyclic) bond motifs is 1. The van der Waals surface area contributed by atoms with Crippen molar-refractivity contribution in [2.75, 3.05) is 46.8 Å². The van der Waals surface area contributed by atoms with Crippen LogP contribution in [0.3, 0.4) is 0 Å². The molecule has 0 saturated heterocycles. The monoisotopic (exact) mass is 541 g/mol. The van der Waals surface area contributed by atoms with Gasteiger partial charge in [0.25, 0.3) is 0 Å². The smallest absolute Gasteiger partial charge is 0.446 e. The van der Waals surface area contributed by atoms with E-state index in [1.807, 2.05) is 0 Å². The Kier molecular flexibility index (Phi) is 12.8. The average molecular weight is 542 g/mol. The maximum Gasteiger partial charge on any atom is 0.446 e. The number of aldehydes is 1. The Morgan fingerprint density at radius 2 is 1.73 bits per heavy atom. The number of benzene rings is 1. The fourth-order valence-corrected chi connectivity index (χ4v) is 3.42. The van der Waals surface area contributed by atoms with E-state index in [0.717, 1.165) is 0 Å². The zero-order valence-electron chi connectivity index (χ0n) is 20.0. The van der Waals surface area contributed by atoms with Gasteiger partial charge in [-0.1, -0.05) is 18.7 Å². The largest absolute Gasteiger partial charge is 0.475 e. The molecule has 0 radical (unpaired) electrons. The molecule has 0 N–H and O–H groups in total. The number of pyridine rings is 1. The van der Waals surface area contributed by atoms with Crippen molar-refractivity contribution >= 4 is 29.0 Å². The molecule has 200 valence electrons. The lowest BCUT2D eigenvalue weighted by Crippen LogP contribution is -2.12. The first-order valence-electron chi connectivity index (χ1n) is 10.9. The van der Waals surface area contributed by atoms with Gasteiger partial charge >= 0.3 is 11.1 Å². The number of alkyl halides is 3. The van der Waals surface area contributed by atoms with Crippen LogP contribution in [0.15, 0.2) is 69.4 Å². The summed E-state index contributed by atoms with van der Waals surface area (Å²) in [4.78, 5) is 25.5. The van der Waals surface area contributed by atoms with Crippen LogP contribution in [0.1, 0.15) is 0 Å². The van der Waals surface area contributed by atoms with E-state index in [-0.39, 0.29) is 34.4 Å². The SMILES string of the molecule is C=CC=O.COCCOCCOCCOc1cc2cc(-c3cccc(SC(F)(F)F)c3)c(=O)oc2cn1. The van der Waals surface area contributed by atoms with Gasteiger partial charge in [-0.05, 0) is 41.6 Å². The van der Waals surface area contributed by atoms with Gasteiger partial charge in [-0.2, -0.15) is 13.2 Å². The molecule has 0 atom stereocenters. The summed E-state index contributed by atoms with van der Waals surface area (Å²) >= 11 is -0.247. The highest BCUT2D eigenvalue weighted by Gasteiger charge is 2.29. The minimum atomic E-state index is -4.43. The molecule has 12 heteroatoms. The predicted molar refractivity (Wildman–Crippen MR) is 133 cm³/mol. The first kappa shape index (κ1) is 30.0. The summed E-state index contributed by atoms with van der Waals surface area (Å²) in [5, 5.41) is 0.524. The van der Waals surface area contributed by atoms with Gasteiger partial charge in [-0.3, -0.25) is 4.79 Å². The third-order valence-electron chi connectivity index (χ3n) is 4.35. The molecule has 0 spiro atoms. The lowest BCUT2D eigenvalue weighted by atomic mass is 10.1. The van der Waals surface area contributed by atoms with E-state index in [4.69, 9.17) is 28.2 Å². The van der Waals surface area contributed by atoms with Crippen LogP contribution in [0.25, 0.3) is 22.1 Å². The van der Waals surface area contributed by atoms with Crippen molar-refractivity contribution in [1.29, 1.82) is 0 Å². The zero-order chi connectivity index (χ0) is 27.1. The number of nitrogens with zero attached hydrogens (tertiary/aromatic N) is 1. The summed E-state index contributed by atoms with van der Waals surface area (Å²) in [5.41, 5.74) is -4.40. The molecule has 37 heavy (non-hydrogen) atoms. The van der Waals surface area contributed by atoms with Crippen molar-refractivity contribution in [3.05, 3.63) is 65.7 Å². The van der Waals surface area contributed by atoms with E-state index >= 15 is 0 Å². The molecule has 0 aliphatic carbocycles.